The van der Waals surface area contributed by atoms with Crippen LogP contribution in [0.3, 0.4) is 0 Å². The predicted molar refractivity (Wildman–Crippen MR) is 94.2 cm³/mol. The van der Waals surface area contributed by atoms with E-state index < -0.39 is 29.3 Å². The first-order valence-corrected chi connectivity index (χ1v) is 9.00. The fourth-order valence-corrected chi connectivity index (χ4v) is 3.75. The van der Waals surface area contributed by atoms with Crippen molar-refractivity contribution >= 4 is 23.4 Å². The number of carbonyl (C=O) groups is 1. The smallest absolute Gasteiger partial charge is 0.453 e. The average Bonchev–Trinajstić information content (AvgIpc) is 3.04. The summed E-state index contributed by atoms with van der Waals surface area (Å²) in [6.45, 7) is 1.84. The lowest BCUT2D eigenvalue weighted by Gasteiger charge is -2.32. The first-order chi connectivity index (χ1) is 12.7. The molecule has 1 aromatic heterocycles. The van der Waals surface area contributed by atoms with Crippen molar-refractivity contribution in [2.24, 2.45) is 0 Å². The fraction of sp³-hybridized carbons (Fsp3) is 0.438. The van der Waals surface area contributed by atoms with Gasteiger partial charge in [0.05, 0.1) is 12.6 Å². The highest BCUT2D eigenvalue weighted by atomic mass is 32.2. The van der Waals surface area contributed by atoms with Crippen molar-refractivity contribution in [3.05, 3.63) is 35.7 Å². The van der Waals surface area contributed by atoms with Gasteiger partial charge in [0.25, 0.3) is 5.82 Å². The van der Waals surface area contributed by atoms with Gasteiger partial charge in [-0.25, -0.2) is 4.68 Å². The minimum atomic E-state index is -4.67. The van der Waals surface area contributed by atoms with Crippen molar-refractivity contribution < 1.29 is 22.7 Å². The van der Waals surface area contributed by atoms with E-state index in [0.29, 0.717) is 5.56 Å². The van der Waals surface area contributed by atoms with Crippen LogP contribution in [0, 0.1) is 0 Å². The number of aromatic nitrogens is 3. The van der Waals surface area contributed by atoms with Gasteiger partial charge in [0.2, 0.25) is 5.16 Å². The molecule has 3 rings (SSSR count). The van der Waals surface area contributed by atoms with Gasteiger partial charge < -0.3 is 15.1 Å². The van der Waals surface area contributed by atoms with E-state index in [0.717, 1.165) is 22.1 Å². The Morgan fingerprint density at radius 2 is 1.96 bits per heavy atom. The van der Waals surface area contributed by atoms with Gasteiger partial charge in [-0.3, -0.25) is 4.79 Å². The number of carbonyl (C=O) groups excluding carboxylic acids is 1. The van der Waals surface area contributed by atoms with E-state index in [-0.39, 0.29) is 11.8 Å². The largest absolute Gasteiger partial charge is 0.465 e. The molecule has 1 aliphatic heterocycles. The summed E-state index contributed by atoms with van der Waals surface area (Å²) < 4.78 is 45.4. The van der Waals surface area contributed by atoms with Gasteiger partial charge in [-0.05, 0) is 24.6 Å². The Bertz CT molecular complexity index is 822. The Kier molecular flexibility index (Phi) is 5.22. The van der Waals surface area contributed by atoms with E-state index in [2.05, 4.69) is 15.6 Å². The van der Waals surface area contributed by atoms with Crippen LogP contribution < -0.4 is 10.3 Å². The Morgan fingerprint density at radius 3 is 2.52 bits per heavy atom. The van der Waals surface area contributed by atoms with E-state index in [1.165, 1.54) is 0 Å². The molecule has 0 bridgehead atoms. The summed E-state index contributed by atoms with van der Waals surface area (Å²) in [5.41, 5.74) is 4.32. The molecule has 2 atom stereocenters. The van der Waals surface area contributed by atoms with Gasteiger partial charge in [-0.1, -0.05) is 23.9 Å². The number of hydrogen-bond acceptors (Lipinski definition) is 7. The molecule has 0 amide bonds. The van der Waals surface area contributed by atoms with E-state index in [9.17, 15) is 18.0 Å². The number of esters is 1. The van der Waals surface area contributed by atoms with Crippen LogP contribution in [0.2, 0.25) is 0 Å². The molecule has 27 heavy (non-hydrogen) atoms. The zero-order valence-electron chi connectivity index (χ0n) is 14.8. The van der Waals surface area contributed by atoms with E-state index in [4.69, 9.17) is 4.74 Å². The third-order valence-corrected chi connectivity index (χ3v) is 5.17. The summed E-state index contributed by atoms with van der Waals surface area (Å²) in [6, 6.07) is 6.45. The summed E-state index contributed by atoms with van der Waals surface area (Å²) >= 11 is 0.897. The molecule has 2 heterocycles. The van der Waals surface area contributed by atoms with Crippen LogP contribution in [0.1, 0.15) is 24.4 Å². The third kappa shape index (κ3) is 3.82. The maximum Gasteiger partial charge on any atom is 0.453 e. The summed E-state index contributed by atoms with van der Waals surface area (Å²) in [4.78, 5) is 14.3. The maximum atomic E-state index is 13.2. The van der Waals surface area contributed by atoms with Crippen LogP contribution in [0.15, 0.2) is 29.4 Å². The number of nitrogens with one attached hydrogen (secondary N) is 1. The molecule has 0 unspecified atom stereocenters. The Morgan fingerprint density at radius 1 is 1.30 bits per heavy atom. The number of alkyl halides is 3. The first kappa shape index (κ1) is 19.3. The van der Waals surface area contributed by atoms with E-state index in [1.54, 1.807) is 19.1 Å². The molecule has 2 aromatic rings. The lowest BCUT2D eigenvalue weighted by Crippen LogP contribution is -2.40. The van der Waals surface area contributed by atoms with Crippen molar-refractivity contribution in [3.8, 4) is 0 Å². The number of nitrogens with zero attached hydrogens (tertiary/aromatic N) is 4. The number of ether oxygens (including phenoxy) is 1. The fourth-order valence-electron chi connectivity index (χ4n) is 2.67. The van der Waals surface area contributed by atoms with Crippen LogP contribution in [-0.2, 0) is 15.7 Å². The number of rotatable bonds is 4. The highest BCUT2D eigenvalue weighted by Gasteiger charge is 2.44. The Labute approximate surface area is 157 Å². The minimum absolute atomic E-state index is 0.0402. The third-order valence-electron chi connectivity index (χ3n) is 3.98. The molecule has 0 fully saturated rings. The van der Waals surface area contributed by atoms with Gasteiger partial charge in [0.1, 0.15) is 5.25 Å². The molecule has 7 nitrogen and oxygen atoms in total. The molecule has 1 N–H and O–H groups in total. The highest BCUT2D eigenvalue weighted by Crippen LogP contribution is 2.40. The van der Waals surface area contributed by atoms with Crippen LogP contribution in [-0.4, -0.2) is 46.8 Å². The number of fused-ring (bicyclic) bond motifs is 1. The molecular formula is C16H18F3N5O2S. The second-order valence-corrected chi connectivity index (χ2v) is 7.13. The van der Waals surface area contributed by atoms with Crippen molar-refractivity contribution in [2.75, 3.05) is 31.0 Å². The minimum Gasteiger partial charge on any atom is -0.465 e. The second kappa shape index (κ2) is 7.29. The summed E-state index contributed by atoms with van der Waals surface area (Å²) in [5.74, 6) is -1.69. The van der Waals surface area contributed by atoms with Gasteiger partial charge >= 0.3 is 12.1 Å². The molecule has 0 aliphatic carbocycles. The lowest BCUT2D eigenvalue weighted by atomic mass is 10.0. The van der Waals surface area contributed by atoms with Gasteiger partial charge in [-0.2, -0.15) is 13.2 Å². The number of thioether (sulfide) groups is 1. The molecule has 1 aliphatic rings. The Balaban J connectivity index is 2.00. The van der Waals surface area contributed by atoms with Crippen LogP contribution in [0.4, 0.5) is 18.9 Å². The zero-order chi connectivity index (χ0) is 19.8. The van der Waals surface area contributed by atoms with Crippen LogP contribution >= 0.6 is 11.8 Å². The number of benzene rings is 1. The van der Waals surface area contributed by atoms with Crippen molar-refractivity contribution in [3.63, 3.8) is 0 Å². The molecule has 0 spiro atoms. The van der Waals surface area contributed by atoms with Gasteiger partial charge in [0.15, 0.2) is 0 Å². The van der Waals surface area contributed by atoms with Crippen LogP contribution in [0.25, 0.3) is 0 Å². The van der Waals surface area contributed by atoms with Crippen molar-refractivity contribution in [2.45, 2.75) is 29.5 Å². The summed E-state index contributed by atoms with van der Waals surface area (Å²) in [7, 11) is 3.76. The molecule has 0 saturated heterocycles. The molecule has 11 heteroatoms. The Hall–Kier alpha value is -2.43. The SMILES string of the molecule is CCOC(=O)[C@@H]1Sc2nnc(C(F)(F)F)n2N[C@H]1c1ccc(N(C)C)cc1. The molecule has 146 valence electrons. The van der Waals surface area contributed by atoms with Crippen molar-refractivity contribution in [1.82, 2.24) is 14.9 Å². The maximum absolute atomic E-state index is 13.2. The van der Waals surface area contributed by atoms with Gasteiger partial charge in [-0.15, -0.1) is 10.2 Å². The predicted octanol–water partition coefficient (Wildman–Crippen LogP) is 2.69. The monoisotopic (exact) mass is 401 g/mol. The summed E-state index contributed by atoms with van der Waals surface area (Å²) in [6.07, 6.45) is -4.67. The zero-order valence-corrected chi connectivity index (χ0v) is 15.6. The molecule has 1 aromatic carbocycles. The normalized spacial score (nSPS) is 19.2. The van der Waals surface area contributed by atoms with E-state index in [1.807, 2.05) is 31.1 Å². The van der Waals surface area contributed by atoms with Gasteiger partial charge in [0, 0.05) is 19.8 Å². The first-order valence-electron chi connectivity index (χ1n) is 8.12. The number of halogens is 3. The summed E-state index contributed by atoms with van der Waals surface area (Å²) in [5, 5.41) is 5.94. The quantitative estimate of drug-likeness (QED) is 0.790. The number of anilines is 1. The standard InChI is InChI=1S/C16H18F3N5O2S/c1-4-26-13(25)12-11(9-5-7-10(8-6-9)23(2)3)22-24-14(16(17,18)19)20-21-15(24)27-12/h5-8,11-12,22H,4H2,1-3H3/t11-,12+/m0/s1. The topological polar surface area (TPSA) is 72.3 Å². The number of hydrogen-bond donors (Lipinski definition) is 1. The molecular weight excluding hydrogens is 383 g/mol. The van der Waals surface area contributed by atoms with E-state index >= 15 is 0 Å². The highest BCUT2D eigenvalue weighted by molar-refractivity contribution is 8.00. The molecule has 0 radical (unpaired) electrons. The molecule has 0 saturated carbocycles. The van der Waals surface area contributed by atoms with Crippen LogP contribution in [0.5, 0.6) is 0 Å². The van der Waals surface area contributed by atoms with Crippen molar-refractivity contribution in [1.29, 1.82) is 0 Å². The lowest BCUT2D eigenvalue weighted by molar-refractivity contribution is -0.147. The second-order valence-electron chi connectivity index (χ2n) is 6.02. The average molecular weight is 401 g/mol.